The highest BCUT2D eigenvalue weighted by molar-refractivity contribution is 9.10. The minimum Gasteiger partial charge on any atom is -0.490 e. The van der Waals surface area contributed by atoms with Gasteiger partial charge in [0.05, 0.1) is 25.0 Å². The summed E-state index contributed by atoms with van der Waals surface area (Å²) in [6.45, 7) is 1.01. The lowest BCUT2D eigenvalue weighted by molar-refractivity contribution is 0.0946. The molecule has 0 bridgehead atoms. The summed E-state index contributed by atoms with van der Waals surface area (Å²) in [6, 6.07) is 15.4. The van der Waals surface area contributed by atoms with E-state index in [0.717, 1.165) is 4.47 Å². The molecule has 0 aliphatic heterocycles. The lowest BCUT2D eigenvalue weighted by Gasteiger charge is -2.13. The number of benzene rings is 2. The van der Waals surface area contributed by atoms with Gasteiger partial charge >= 0.3 is 0 Å². The SMILES string of the molecule is COCCOc1ccc(Br)cc1C(=O)Nc1cccc(C(=O)NCc2ccco2)c1. The predicted molar refractivity (Wildman–Crippen MR) is 116 cm³/mol. The second-order valence-electron chi connectivity index (χ2n) is 6.28. The molecule has 0 saturated heterocycles. The Morgan fingerprint density at radius 3 is 2.67 bits per heavy atom. The normalized spacial score (nSPS) is 10.5. The average Bonchev–Trinajstić information content (AvgIpc) is 3.27. The number of hydrogen-bond acceptors (Lipinski definition) is 5. The molecule has 1 aromatic heterocycles. The maximum absolute atomic E-state index is 12.8. The monoisotopic (exact) mass is 472 g/mol. The molecule has 1 heterocycles. The number of anilines is 1. The third kappa shape index (κ3) is 5.95. The van der Waals surface area contributed by atoms with E-state index in [2.05, 4.69) is 26.6 Å². The first kappa shape index (κ1) is 21.6. The van der Waals surface area contributed by atoms with Crippen molar-refractivity contribution in [1.29, 1.82) is 0 Å². The van der Waals surface area contributed by atoms with E-state index in [-0.39, 0.29) is 18.4 Å². The van der Waals surface area contributed by atoms with Crippen LogP contribution in [0.2, 0.25) is 0 Å². The minimum absolute atomic E-state index is 0.270. The van der Waals surface area contributed by atoms with E-state index in [1.165, 1.54) is 0 Å². The van der Waals surface area contributed by atoms with E-state index >= 15 is 0 Å². The van der Waals surface area contributed by atoms with Crippen LogP contribution in [0.15, 0.2) is 69.8 Å². The third-order valence-electron chi connectivity index (χ3n) is 4.12. The Hall–Kier alpha value is -3.10. The highest BCUT2D eigenvalue weighted by Gasteiger charge is 2.15. The van der Waals surface area contributed by atoms with Crippen LogP contribution in [-0.2, 0) is 11.3 Å². The lowest BCUT2D eigenvalue weighted by Crippen LogP contribution is -2.22. The molecule has 7 nitrogen and oxygen atoms in total. The van der Waals surface area contributed by atoms with E-state index in [1.54, 1.807) is 68.0 Å². The van der Waals surface area contributed by atoms with Crippen LogP contribution < -0.4 is 15.4 Å². The molecule has 30 heavy (non-hydrogen) atoms. The van der Waals surface area contributed by atoms with Crippen LogP contribution in [0.4, 0.5) is 5.69 Å². The Morgan fingerprint density at radius 1 is 1.03 bits per heavy atom. The zero-order valence-corrected chi connectivity index (χ0v) is 17.9. The molecule has 2 aromatic carbocycles. The Morgan fingerprint density at radius 2 is 1.90 bits per heavy atom. The van der Waals surface area contributed by atoms with Crippen LogP contribution in [0.3, 0.4) is 0 Å². The van der Waals surface area contributed by atoms with Crippen molar-refractivity contribution in [2.75, 3.05) is 25.6 Å². The molecule has 0 unspecified atom stereocenters. The molecule has 8 heteroatoms. The Bertz CT molecular complexity index is 1000. The van der Waals surface area contributed by atoms with Gasteiger partial charge in [0.15, 0.2) is 0 Å². The second kappa shape index (κ2) is 10.6. The number of hydrogen-bond donors (Lipinski definition) is 2. The van der Waals surface area contributed by atoms with Crippen molar-refractivity contribution in [3.05, 3.63) is 82.2 Å². The summed E-state index contributed by atoms with van der Waals surface area (Å²) in [6.07, 6.45) is 1.55. The highest BCUT2D eigenvalue weighted by atomic mass is 79.9. The maximum atomic E-state index is 12.8. The van der Waals surface area contributed by atoms with Gasteiger partial charge in [0.25, 0.3) is 11.8 Å². The molecular weight excluding hydrogens is 452 g/mol. The van der Waals surface area contributed by atoms with Crippen LogP contribution in [0.25, 0.3) is 0 Å². The number of carbonyl (C=O) groups is 2. The van der Waals surface area contributed by atoms with Gasteiger partial charge in [-0.3, -0.25) is 9.59 Å². The van der Waals surface area contributed by atoms with Gasteiger partial charge in [0.1, 0.15) is 18.1 Å². The number of halogens is 1. The van der Waals surface area contributed by atoms with Gasteiger partial charge < -0.3 is 24.5 Å². The van der Waals surface area contributed by atoms with E-state index in [0.29, 0.717) is 41.5 Å². The summed E-state index contributed by atoms with van der Waals surface area (Å²) in [5, 5.41) is 5.59. The van der Waals surface area contributed by atoms with E-state index in [4.69, 9.17) is 13.9 Å². The summed E-state index contributed by atoms with van der Waals surface area (Å²) >= 11 is 3.38. The molecule has 0 aliphatic carbocycles. The second-order valence-corrected chi connectivity index (χ2v) is 7.19. The first-order valence-electron chi connectivity index (χ1n) is 9.20. The van der Waals surface area contributed by atoms with Crippen molar-refractivity contribution in [2.45, 2.75) is 6.54 Å². The molecule has 3 aromatic rings. The Balaban J connectivity index is 1.69. The van der Waals surface area contributed by atoms with Gasteiger partial charge in [-0.15, -0.1) is 0 Å². The van der Waals surface area contributed by atoms with Gasteiger partial charge in [-0.05, 0) is 48.5 Å². The van der Waals surface area contributed by atoms with Gasteiger partial charge in [0.2, 0.25) is 0 Å². The summed E-state index contributed by atoms with van der Waals surface area (Å²) in [5.41, 5.74) is 1.28. The number of nitrogens with one attached hydrogen (secondary N) is 2. The molecular formula is C22H21BrN2O5. The summed E-state index contributed by atoms with van der Waals surface area (Å²) in [7, 11) is 1.58. The number of methoxy groups -OCH3 is 1. The molecule has 156 valence electrons. The number of ether oxygens (including phenoxy) is 2. The van der Waals surface area contributed by atoms with Crippen LogP contribution >= 0.6 is 15.9 Å². The summed E-state index contributed by atoms with van der Waals surface area (Å²) in [5.74, 6) is 0.481. The quantitative estimate of drug-likeness (QED) is 0.454. The molecule has 0 radical (unpaired) electrons. The van der Waals surface area contributed by atoms with Crippen molar-refractivity contribution in [1.82, 2.24) is 5.32 Å². The van der Waals surface area contributed by atoms with Crippen molar-refractivity contribution >= 4 is 33.4 Å². The number of amides is 2. The fourth-order valence-corrected chi connectivity index (χ4v) is 3.02. The molecule has 0 aliphatic rings. The molecule has 2 amide bonds. The van der Waals surface area contributed by atoms with Gasteiger partial charge in [-0.2, -0.15) is 0 Å². The Kier molecular flexibility index (Phi) is 7.64. The summed E-state index contributed by atoms with van der Waals surface area (Å²) < 4.78 is 16.6. The minimum atomic E-state index is -0.350. The average molecular weight is 473 g/mol. The van der Waals surface area contributed by atoms with Gasteiger partial charge in [-0.1, -0.05) is 22.0 Å². The number of rotatable bonds is 9. The predicted octanol–water partition coefficient (Wildman–Crippen LogP) is 4.25. The largest absolute Gasteiger partial charge is 0.490 e. The van der Waals surface area contributed by atoms with Gasteiger partial charge in [-0.25, -0.2) is 0 Å². The van der Waals surface area contributed by atoms with E-state index in [9.17, 15) is 9.59 Å². The first-order chi connectivity index (χ1) is 14.6. The number of carbonyl (C=O) groups excluding carboxylic acids is 2. The highest BCUT2D eigenvalue weighted by Crippen LogP contribution is 2.24. The van der Waals surface area contributed by atoms with Crippen LogP contribution in [0, 0.1) is 0 Å². The van der Waals surface area contributed by atoms with Crippen LogP contribution in [0.1, 0.15) is 26.5 Å². The number of furan rings is 1. The van der Waals surface area contributed by atoms with Crippen LogP contribution in [-0.4, -0.2) is 32.1 Å². The molecule has 0 atom stereocenters. The van der Waals surface area contributed by atoms with E-state index in [1.807, 2.05) is 0 Å². The van der Waals surface area contributed by atoms with Crippen molar-refractivity contribution < 1.29 is 23.5 Å². The zero-order valence-electron chi connectivity index (χ0n) is 16.3. The maximum Gasteiger partial charge on any atom is 0.259 e. The third-order valence-corrected chi connectivity index (χ3v) is 4.61. The molecule has 3 rings (SSSR count). The fourth-order valence-electron chi connectivity index (χ4n) is 2.66. The molecule has 0 fully saturated rings. The van der Waals surface area contributed by atoms with E-state index < -0.39 is 0 Å². The van der Waals surface area contributed by atoms with Crippen LogP contribution in [0.5, 0.6) is 5.75 Å². The Labute approximate surface area is 182 Å². The zero-order chi connectivity index (χ0) is 21.3. The van der Waals surface area contributed by atoms with Crippen molar-refractivity contribution in [2.24, 2.45) is 0 Å². The fraction of sp³-hybridized carbons (Fsp3) is 0.182. The molecule has 2 N–H and O–H groups in total. The summed E-state index contributed by atoms with van der Waals surface area (Å²) in [4.78, 5) is 25.2. The van der Waals surface area contributed by atoms with Crippen molar-refractivity contribution in [3.63, 3.8) is 0 Å². The lowest BCUT2D eigenvalue weighted by atomic mass is 10.1. The smallest absolute Gasteiger partial charge is 0.259 e. The van der Waals surface area contributed by atoms with Gasteiger partial charge in [0, 0.05) is 22.8 Å². The topological polar surface area (TPSA) is 89.8 Å². The molecule has 0 spiro atoms. The van der Waals surface area contributed by atoms with Crippen molar-refractivity contribution in [3.8, 4) is 5.75 Å². The first-order valence-corrected chi connectivity index (χ1v) is 9.99. The molecule has 0 saturated carbocycles. The standard InChI is InChI=1S/C22H21BrN2O5/c1-28-10-11-30-20-8-7-16(23)13-19(20)22(27)25-17-5-2-4-15(12-17)21(26)24-14-18-6-3-9-29-18/h2-9,12-13H,10-11,14H2,1H3,(H,24,26)(H,25,27).